The van der Waals surface area contributed by atoms with Crippen LogP contribution < -0.4 is 14.4 Å². The van der Waals surface area contributed by atoms with E-state index in [2.05, 4.69) is 4.98 Å². The van der Waals surface area contributed by atoms with Gasteiger partial charge in [-0.05, 0) is 44.1 Å². The molecule has 0 fully saturated rings. The number of alkyl halides is 1. The first-order valence-electron chi connectivity index (χ1n) is 12.0. The average Bonchev–Trinajstić information content (AvgIpc) is 3.44. The van der Waals surface area contributed by atoms with Crippen molar-refractivity contribution < 1.29 is 19.4 Å². The van der Waals surface area contributed by atoms with Gasteiger partial charge in [-0.25, -0.2) is 0 Å². The number of halogens is 1. The SMILES string of the molecule is COc1cc2[nH]c(C(=O)N3C[C@@H](C(C)Cl)c4c3cc(O)c3ccccc43)cc2cc1OCCN(C)C. The van der Waals surface area contributed by atoms with Crippen LogP contribution in [0.1, 0.15) is 28.9 Å². The molecule has 188 valence electrons. The van der Waals surface area contributed by atoms with Crippen LogP contribution >= 0.6 is 11.6 Å². The summed E-state index contributed by atoms with van der Waals surface area (Å²) in [5.41, 5.74) is 2.91. The zero-order valence-corrected chi connectivity index (χ0v) is 21.6. The molecule has 2 atom stereocenters. The average molecular weight is 508 g/mol. The van der Waals surface area contributed by atoms with E-state index in [1.807, 2.05) is 68.4 Å². The second-order valence-electron chi connectivity index (χ2n) is 9.50. The van der Waals surface area contributed by atoms with E-state index < -0.39 is 0 Å². The van der Waals surface area contributed by atoms with Gasteiger partial charge in [-0.1, -0.05) is 24.3 Å². The number of nitrogens with one attached hydrogen (secondary N) is 1. The van der Waals surface area contributed by atoms with Crippen molar-refractivity contribution in [3.8, 4) is 17.2 Å². The quantitative estimate of drug-likeness (QED) is 0.330. The predicted octanol–water partition coefficient (Wildman–Crippen LogP) is 5.35. The van der Waals surface area contributed by atoms with Crippen molar-refractivity contribution in [3.63, 3.8) is 0 Å². The molecule has 5 rings (SSSR count). The van der Waals surface area contributed by atoms with Crippen LogP contribution in [0.2, 0.25) is 0 Å². The first kappa shape index (κ1) is 24.3. The maximum absolute atomic E-state index is 13.8. The third kappa shape index (κ3) is 4.22. The summed E-state index contributed by atoms with van der Waals surface area (Å²) >= 11 is 6.61. The lowest BCUT2D eigenvalue weighted by Gasteiger charge is -2.18. The van der Waals surface area contributed by atoms with Gasteiger partial charge >= 0.3 is 0 Å². The number of aromatic nitrogens is 1. The normalized spacial score (nSPS) is 16.1. The van der Waals surface area contributed by atoms with Crippen LogP contribution in [0.25, 0.3) is 21.7 Å². The Balaban J connectivity index is 1.53. The van der Waals surface area contributed by atoms with Gasteiger partial charge in [0.25, 0.3) is 5.91 Å². The van der Waals surface area contributed by atoms with Gasteiger partial charge in [-0.2, -0.15) is 0 Å². The van der Waals surface area contributed by atoms with Crippen molar-refractivity contribution in [2.45, 2.75) is 18.2 Å². The van der Waals surface area contributed by atoms with Crippen LogP contribution in [0.5, 0.6) is 17.2 Å². The number of H-pyrrole nitrogens is 1. The number of nitrogens with zero attached hydrogens (tertiary/aromatic N) is 2. The maximum atomic E-state index is 13.8. The number of phenols is 1. The largest absolute Gasteiger partial charge is 0.507 e. The zero-order chi connectivity index (χ0) is 25.6. The van der Waals surface area contributed by atoms with E-state index in [0.29, 0.717) is 36.0 Å². The standard InChI is InChI=1S/C28H30ClN3O4/c1-16(29)20-15-32(23-14-24(33)18-7-5-6-8-19(18)27(20)23)28(34)22-11-17-12-26(36-10-9-31(2)3)25(35-4)13-21(17)30-22/h5-8,11-14,16,20,30,33H,9-10,15H2,1-4H3/t16?,20-/m0/s1. The molecule has 0 spiro atoms. The van der Waals surface area contributed by atoms with Gasteiger partial charge in [0.15, 0.2) is 11.5 Å². The topological polar surface area (TPSA) is 78.0 Å². The van der Waals surface area contributed by atoms with Gasteiger partial charge in [0, 0.05) is 52.8 Å². The molecule has 2 heterocycles. The summed E-state index contributed by atoms with van der Waals surface area (Å²) in [6, 6.07) is 14.9. The minimum absolute atomic E-state index is 0.0581. The second-order valence-corrected chi connectivity index (χ2v) is 10.2. The smallest absolute Gasteiger partial charge is 0.274 e. The van der Waals surface area contributed by atoms with Gasteiger partial charge in [-0.15, -0.1) is 11.6 Å². The van der Waals surface area contributed by atoms with Crippen molar-refractivity contribution >= 4 is 44.9 Å². The Morgan fingerprint density at radius 2 is 1.94 bits per heavy atom. The van der Waals surface area contributed by atoms with E-state index in [1.165, 1.54) is 0 Å². The molecule has 1 aliphatic rings. The molecule has 7 nitrogen and oxygen atoms in total. The Labute approximate surface area is 215 Å². The van der Waals surface area contributed by atoms with Crippen LogP contribution in [0.15, 0.2) is 48.5 Å². The first-order chi connectivity index (χ1) is 17.3. The molecule has 0 saturated carbocycles. The number of benzene rings is 3. The summed E-state index contributed by atoms with van der Waals surface area (Å²) in [7, 11) is 5.57. The van der Waals surface area contributed by atoms with Gasteiger partial charge < -0.3 is 29.4 Å². The van der Waals surface area contributed by atoms with Gasteiger partial charge in [0.2, 0.25) is 0 Å². The Kier molecular flexibility index (Phi) is 6.45. The lowest BCUT2D eigenvalue weighted by molar-refractivity contribution is 0.0984. The highest BCUT2D eigenvalue weighted by Crippen LogP contribution is 2.47. The Morgan fingerprint density at radius 3 is 2.64 bits per heavy atom. The van der Waals surface area contributed by atoms with Crippen molar-refractivity contribution in [1.82, 2.24) is 9.88 Å². The number of phenolic OH excluding ortho intramolecular Hbond substituents is 1. The molecule has 1 unspecified atom stereocenters. The Hall–Kier alpha value is -3.42. The lowest BCUT2D eigenvalue weighted by atomic mass is 9.92. The second kappa shape index (κ2) is 9.56. The molecule has 4 aromatic rings. The summed E-state index contributed by atoms with van der Waals surface area (Å²) in [6.45, 7) is 3.67. The van der Waals surface area contributed by atoms with Gasteiger partial charge in [-0.3, -0.25) is 4.79 Å². The molecular weight excluding hydrogens is 478 g/mol. The Morgan fingerprint density at radius 1 is 1.19 bits per heavy atom. The molecule has 3 aromatic carbocycles. The number of anilines is 1. The van der Waals surface area contributed by atoms with Gasteiger partial charge in [0.1, 0.15) is 18.1 Å². The number of methoxy groups -OCH3 is 1. The fourth-order valence-electron chi connectivity index (χ4n) is 4.94. The third-order valence-corrected chi connectivity index (χ3v) is 7.12. The number of aromatic amines is 1. The molecule has 36 heavy (non-hydrogen) atoms. The highest BCUT2D eigenvalue weighted by Gasteiger charge is 2.37. The molecule has 1 aliphatic heterocycles. The first-order valence-corrected chi connectivity index (χ1v) is 12.4. The molecule has 0 saturated heterocycles. The highest BCUT2D eigenvalue weighted by molar-refractivity contribution is 6.22. The minimum atomic E-state index is -0.191. The molecule has 0 aliphatic carbocycles. The molecule has 0 radical (unpaired) electrons. The molecule has 8 heteroatoms. The predicted molar refractivity (Wildman–Crippen MR) is 144 cm³/mol. The van der Waals surface area contributed by atoms with Crippen molar-refractivity contribution in [2.75, 3.05) is 45.8 Å². The number of likely N-dealkylation sites (N-methyl/N-ethyl adjacent to an activating group) is 1. The summed E-state index contributed by atoms with van der Waals surface area (Å²) in [6.07, 6.45) is 0. The minimum Gasteiger partial charge on any atom is -0.507 e. The summed E-state index contributed by atoms with van der Waals surface area (Å²) in [5.74, 6) is 1.13. The van der Waals surface area contributed by atoms with Crippen LogP contribution in [-0.2, 0) is 0 Å². The molecular formula is C28H30ClN3O4. The number of hydrogen-bond donors (Lipinski definition) is 2. The molecule has 1 amide bonds. The zero-order valence-electron chi connectivity index (χ0n) is 20.8. The molecule has 2 N–H and O–H groups in total. The maximum Gasteiger partial charge on any atom is 0.274 e. The van der Waals surface area contributed by atoms with Gasteiger partial charge in [0.05, 0.1) is 12.8 Å². The highest BCUT2D eigenvalue weighted by atomic mass is 35.5. The van der Waals surface area contributed by atoms with Crippen LogP contribution in [0, 0.1) is 0 Å². The number of hydrogen-bond acceptors (Lipinski definition) is 5. The van der Waals surface area contributed by atoms with E-state index in [-0.39, 0.29) is 23.0 Å². The fourth-order valence-corrected chi connectivity index (χ4v) is 5.15. The van der Waals surface area contributed by atoms with Crippen molar-refractivity contribution in [2.24, 2.45) is 0 Å². The van der Waals surface area contributed by atoms with E-state index >= 15 is 0 Å². The van der Waals surface area contributed by atoms with E-state index in [1.54, 1.807) is 18.1 Å². The number of aromatic hydroxyl groups is 1. The number of fused-ring (bicyclic) bond motifs is 4. The Bertz CT molecular complexity index is 1450. The van der Waals surface area contributed by atoms with E-state index in [9.17, 15) is 9.90 Å². The molecule has 1 aromatic heterocycles. The summed E-state index contributed by atoms with van der Waals surface area (Å²) < 4.78 is 11.5. The monoisotopic (exact) mass is 507 g/mol. The van der Waals surface area contributed by atoms with Crippen LogP contribution in [0.4, 0.5) is 5.69 Å². The number of rotatable bonds is 7. The third-order valence-electron chi connectivity index (χ3n) is 6.81. The summed E-state index contributed by atoms with van der Waals surface area (Å²) in [5, 5.41) is 13.1. The number of carbonyl (C=O) groups is 1. The van der Waals surface area contributed by atoms with Crippen molar-refractivity contribution in [3.05, 3.63) is 59.8 Å². The molecule has 0 bridgehead atoms. The summed E-state index contributed by atoms with van der Waals surface area (Å²) in [4.78, 5) is 20.8. The van der Waals surface area contributed by atoms with E-state index in [4.69, 9.17) is 21.1 Å². The van der Waals surface area contributed by atoms with E-state index in [0.717, 1.165) is 33.8 Å². The number of ether oxygens (including phenoxy) is 2. The lowest BCUT2D eigenvalue weighted by Crippen LogP contribution is -2.31. The van der Waals surface area contributed by atoms with Crippen LogP contribution in [-0.4, -0.2) is 67.2 Å². The van der Waals surface area contributed by atoms with Crippen molar-refractivity contribution in [1.29, 1.82) is 0 Å². The fraction of sp³-hybridized carbons (Fsp3) is 0.321. The number of amides is 1. The number of carbonyl (C=O) groups excluding carboxylic acids is 1. The van der Waals surface area contributed by atoms with Crippen LogP contribution in [0.3, 0.4) is 0 Å².